The standard InChI is InChI=1S/C18H17N3S/c1-2-5-9-15(8-4-1)12-13-19-21-18-20-17(14-22-18)16-10-6-3-7-11-16/h1-4,6-11,13-14H,5,12H2,(H,20,21)/b19-13-. The number of hydrogen-bond donors (Lipinski definition) is 1. The molecule has 3 rings (SSSR count). The summed E-state index contributed by atoms with van der Waals surface area (Å²) in [4.78, 5) is 4.53. The topological polar surface area (TPSA) is 37.3 Å². The summed E-state index contributed by atoms with van der Waals surface area (Å²) in [5.74, 6) is 0. The van der Waals surface area contributed by atoms with Crippen molar-refractivity contribution in [1.29, 1.82) is 0 Å². The van der Waals surface area contributed by atoms with Gasteiger partial charge < -0.3 is 0 Å². The van der Waals surface area contributed by atoms with Crippen LogP contribution in [0.4, 0.5) is 5.13 Å². The van der Waals surface area contributed by atoms with Gasteiger partial charge in [0.2, 0.25) is 5.13 Å². The fraction of sp³-hybridized carbons (Fsp3) is 0.111. The number of thiazole rings is 1. The van der Waals surface area contributed by atoms with E-state index in [0.717, 1.165) is 29.2 Å². The summed E-state index contributed by atoms with van der Waals surface area (Å²) in [6.07, 6.45) is 14.3. The van der Waals surface area contributed by atoms with E-state index in [9.17, 15) is 0 Å². The molecule has 1 heterocycles. The van der Waals surface area contributed by atoms with Crippen LogP contribution in [0.3, 0.4) is 0 Å². The largest absolute Gasteiger partial charge is 0.253 e. The minimum atomic E-state index is 0.808. The van der Waals surface area contributed by atoms with Crippen molar-refractivity contribution >= 4 is 22.7 Å². The van der Waals surface area contributed by atoms with Crippen LogP contribution in [0.2, 0.25) is 0 Å². The zero-order chi connectivity index (χ0) is 15.0. The molecule has 0 aliphatic heterocycles. The molecule has 0 radical (unpaired) electrons. The van der Waals surface area contributed by atoms with Crippen molar-refractivity contribution in [2.75, 3.05) is 5.43 Å². The minimum Gasteiger partial charge on any atom is -0.253 e. The Kier molecular flexibility index (Phi) is 4.95. The van der Waals surface area contributed by atoms with E-state index in [1.54, 1.807) is 11.3 Å². The summed E-state index contributed by atoms with van der Waals surface area (Å²) >= 11 is 1.56. The number of hydrazone groups is 1. The molecule has 3 nitrogen and oxygen atoms in total. The highest BCUT2D eigenvalue weighted by Crippen LogP contribution is 2.24. The molecule has 1 aliphatic rings. The number of rotatable bonds is 5. The number of anilines is 1. The van der Waals surface area contributed by atoms with Gasteiger partial charge in [0, 0.05) is 23.6 Å². The first-order valence-electron chi connectivity index (χ1n) is 7.22. The van der Waals surface area contributed by atoms with Crippen LogP contribution in [0.1, 0.15) is 12.8 Å². The fourth-order valence-corrected chi connectivity index (χ4v) is 2.76. The van der Waals surface area contributed by atoms with Gasteiger partial charge in [-0.15, -0.1) is 11.3 Å². The number of hydrogen-bond acceptors (Lipinski definition) is 4. The van der Waals surface area contributed by atoms with E-state index in [0.29, 0.717) is 0 Å². The quantitative estimate of drug-likeness (QED) is 0.620. The van der Waals surface area contributed by atoms with Gasteiger partial charge >= 0.3 is 0 Å². The first-order chi connectivity index (χ1) is 10.9. The average Bonchev–Trinajstić information content (AvgIpc) is 2.88. The Morgan fingerprint density at radius 3 is 3.05 bits per heavy atom. The van der Waals surface area contributed by atoms with Crippen LogP contribution < -0.4 is 5.43 Å². The van der Waals surface area contributed by atoms with Crippen molar-refractivity contribution in [3.8, 4) is 11.3 Å². The van der Waals surface area contributed by atoms with Crippen molar-refractivity contribution in [3.05, 3.63) is 71.7 Å². The molecule has 1 aromatic heterocycles. The molecule has 1 N–H and O–H groups in total. The van der Waals surface area contributed by atoms with Crippen LogP contribution in [0, 0.1) is 0 Å². The summed E-state index contributed by atoms with van der Waals surface area (Å²) in [6, 6.07) is 10.2. The second kappa shape index (κ2) is 7.52. The smallest absolute Gasteiger partial charge is 0.203 e. The van der Waals surface area contributed by atoms with Gasteiger partial charge in [-0.05, 0) is 12.0 Å². The average molecular weight is 307 g/mol. The molecule has 0 amide bonds. The first kappa shape index (κ1) is 14.5. The predicted octanol–water partition coefficient (Wildman–Crippen LogP) is 5.04. The van der Waals surface area contributed by atoms with E-state index in [-0.39, 0.29) is 0 Å². The molecule has 4 heteroatoms. The van der Waals surface area contributed by atoms with Gasteiger partial charge in [0.15, 0.2) is 0 Å². The third kappa shape index (κ3) is 4.02. The Balaban J connectivity index is 1.55. The lowest BCUT2D eigenvalue weighted by molar-refractivity contribution is 1.25. The molecular formula is C18H17N3S. The zero-order valence-electron chi connectivity index (χ0n) is 12.1. The van der Waals surface area contributed by atoms with Gasteiger partial charge in [0.25, 0.3) is 0 Å². The molecule has 0 unspecified atom stereocenters. The summed E-state index contributed by atoms with van der Waals surface area (Å²) in [6.45, 7) is 0. The maximum absolute atomic E-state index is 4.53. The zero-order valence-corrected chi connectivity index (χ0v) is 13.0. The maximum Gasteiger partial charge on any atom is 0.203 e. The van der Waals surface area contributed by atoms with E-state index in [1.165, 1.54) is 5.57 Å². The highest BCUT2D eigenvalue weighted by atomic mass is 32.1. The lowest BCUT2D eigenvalue weighted by Crippen LogP contribution is -1.90. The second-order valence-corrected chi connectivity index (χ2v) is 5.69. The molecule has 0 saturated carbocycles. The third-order valence-electron chi connectivity index (χ3n) is 3.23. The number of nitrogens with zero attached hydrogens (tertiary/aromatic N) is 2. The molecule has 0 spiro atoms. The molecule has 0 fully saturated rings. The van der Waals surface area contributed by atoms with Gasteiger partial charge in [0.05, 0.1) is 5.69 Å². The van der Waals surface area contributed by atoms with Crippen LogP contribution in [0.25, 0.3) is 11.3 Å². The Morgan fingerprint density at radius 2 is 2.14 bits per heavy atom. The normalized spacial score (nSPS) is 14.1. The highest BCUT2D eigenvalue weighted by molar-refractivity contribution is 7.14. The Labute approximate surface area is 134 Å². The molecule has 0 atom stereocenters. The fourth-order valence-electron chi connectivity index (χ4n) is 2.09. The number of nitrogens with one attached hydrogen (secondary N) is 1. The number of benzene rings is 1. The van der Waals surface area contributed by atoms with Crippen molar-refractivity contribution in [2.24, 2.45) is 5.10 Å². The monoisotopic (exact) mass is 307 g/mol. The molecule has 22 heavy (non-hydrogen) atoms. The van der Waals surface area contributed by atoms with Gasteiger partial charge in [-0.1, -0.05) is 60.7 Å². The van der Waals surface area contributed by atoms with Gasteiger partial charge in [-0.2, -0.15) is 5.10 Å². The lowest BCUT2D eigenvalue weighted by atomic mass is 10.1. The first-order valence-corrected chi connectivity index (χ1v) is 8.10. The molecular weight excluding hydrogens is 290 g/mol. The van der Waals surface area contributed by atoms with Crippen LogP contribution in [0.15, 0.2) is 76.8 Å². The molecule has 1 aliphatic carbocycles. The van der Waals surface area contributed by atoms with E-state index in [4.69, 9.17) is 0 Å². The summed E-state index contributed by atoms with van der Waals surface area (Å²) in [5, 5.41) is 7.10. The van der Waals surface area contributed by atoms with E-state index in [2.05, 4.69) is 58.0 Å². The lowest BCUT2D eigenvalue weighted by Gasteiger charge is -1.96. The second-order valence-electron chi connectivity index (χ2n) is 4.83. The van der Waals surface area contributed by atoms with E-state index in [1.807, 2.05) is 29.8 Å². The Morgan fingerprint density at radius 1 is 1.23 bits per heavy atom. The van der Waals surface area contributed by atoms with Gasteiger partial charge in [0.1, 0.15) is 0 Å². The highest BCUT2D eigenvalue weighted by Gasteiger charge is 2.02. The minimum absolute atomic E-state index is 0.808. The number of aromatic nitrogens is 1. The number of allylic oxidation sites excluding steroid dienone is 6. The summed E-state index contributed by atoms with van der Waals surface area (Å²) in [5.41, 5.74) is 6.38. The van der Waals surface area contributed by atoms with Gasteiger partial charge in [-0.3, -0.25) is 5.43 Å². The van der Waals surface area contributed by atoms with Crippen molar-refractivity contribution in [3.63, 3.8) is 0 Å². The maximum atomic E-state index is 4.53. The Bertz CT molecular complexity index is 724. The third-order valence-corrected chi connectivity index (χ3v) is 3.97. The molecule has 1 aromatic carbocycles. The van der Waals surface area contributed by atoms with Crippen molar-refractivity contribution in [2.45, 2.75) is 12.8 Å². The molecule has 110 valence electrons. The summed E-state index contributed by atoms with van der Waals surface area (Å²) in [7, 11) is 0. The van der Waals surface area contributed by atoms with Gasteiger partial charge in [-0.25, -0.2) is 4.98 Å². The molecule has 0 saturated heterocycles. The SMILES string of the molecule is C1=CCC=C(C/C=N\Nc2nc(-c3ccccc3)cs2)C=C1. The van der Waals surface area contributed by atoms with Crippen molar-refractivity contribution in [1.82, 2.24) is 4.98 Å². The van der Waals surface area contributed by atoms with E-state index >= 15 is 0 Å². The Hall–Kier alpha value is -2.46. The molecule has 0 bridgehead atoms. The van der Waals surface area contributed by atoms with Crippen molar-refractivity contribution < 1.29 is 0 Å². The van der Waals surface area contributed by atoms with Crippen LogP contribution in [-0.4, -0.2) is 11.2 Å². The predicted molar refractivity (Wildman–Crippen MR) is 95.3 cm³/mol. The summed E-state index contributed by atoms with van der Waals surface area (Å²) < 4.78 is 0. The van der Waals surface area contributed by atoms with Crippen LogP contribution in [0.5, 0.6) is 0 Å². The molecule has 2 aromatic rings. The van der Waals surface area contributed by atoms with E-state index < -0.39 is 0 Å². The van der Waals surface area contributed by atoms with Crippen LogP contribution in [-0.2, 0) is 0 Å². The van der Waals surface area contributed by atoms with Crippen LogP contribution >= 0.6 is 11.3 Å².